The number of nitrogens with zero attached hydrogens (tertiary/aromatic N) is 5. The summed E-state index contributed by atoms with van der Waals surface area (Å²) < 4.78 is 0. The van der Waals surface area contributed by atoms with Gasteiger partial charge in [0.05, 0.1) is 23.6 Å². The Morgan fingerprint density at radius 2 is 1.83 bits per heavy atom. The Morgan fingerprint density at radius 1 is 1.17 bits per heavy atom. The lowest BCUT2D eigenvalue weighted by Crippen LogP contribution is -2.39. The summed E-state index contributed by atoms with van der Waals surface area (Å²) in [4.78, 5) is 27.8. The highest BCUT2D eigenvalue weighted by Crippen LogP contribution is 2.15. The maximum atomic E-state index is 12.8. The van der Waals surface area contributed by atoms with Crippen LogP contribution in [0, 0.1) is 0 Å². The van der Waals surface area contributed by atoms with Crippen LogP contribution in [0.15, 0.2) is 36.7 Å². The van der Waals surface area contributed by atoms with Crippen LogP contribution in [0.4, 0.5) is 4.79 Å². The van der Waals surface area contributed by atoms with Crippen LogP contribution in [-0.2, 0) is 0 Å². The number of carboxylic acid groups (broad SMARTS) is 1. The number of benzene rings is 1. The highest BCUT2D eigenvalue weighted by atomic mass is 16.4. The average Bonchev–Trinajstić information content (AvgIpc) is 3.09. The Hall–Kier alpha value is -2.90. The Bertz CT molecular complexity index is 672. The first kappa shape index (κ1) is 16.5. The van der Waals surface area contributed by atoms with Gasteiger partial charge < -0.3 is 14.9 Å². The minimum Gasteiger partial charge on any atom is -0.465 e. The van der Waals surface area contributed by atoms with Gasteiger partial charge in [0, 0.05) is 26.7 Å². The first-order valence-corrected chi connectivity index (χ1v) is 7.23. The normalized spacial score (nSPS) is 10.3. The third kappa shape index (κ3) is 3.85. The molecule has 0 saturated carbocycles. The van der Waals surface area contributed by atoms with Crippen molar-refractivity contribution >= 4 is 12.0 Å². The highest BCUT2D eigenvalue weighted by molar-refractivity contribution is 5.97. The molecule has 0 aliphatic carbocycles. The maximum Gasteiger partial charge on any atom is 0.407 e. The second-order valence-electron chi connectivity index (χ2n) is 4.92. The fourth-order valence-corrected chi connectivity index (χ4v) is 2.11. The third-order valence-corrected chi connectivity index (χ3v) is 3.47. The highest BCUT2D eigenvalue weighted by Gasteiger charge is 2.19. The lowest BCUT2D eigenvalue weighted by atomic mass is 10.1. The van der Waals surface area contributed by atoms with Gasteiger partial charge in [-0.3, -0.25) is 4.79 Å². The zero-order valence-electron chi connectivity index (χ0n) is 13.1. The van der Waals surface area contributed by atoms with E-state index in [4.69, 9.17) is 5.11 Å². The predicted molar refractivity (Wildman–Crippen MR) is 83.6 cm³/mol. The van der Waals surface area contributed by atoms with Crippen LogP contribution >= 0.6 is 0 Å². The van der Waals surface area contributed by atoms with Gasteiger partial charge in [0.1, 0.15) is 0 Å². The van der Waals surface area contributed by atoms with Crippen molar-refractivity contribution in [3.8, 4) is 5.69 Å². The molecule has 2 amide bonds. The molecule has 1 aromatic carbocycles. The first-order chi connectivity index (χ1) is 11.0. The zero-order valence-corrected chi connectivity index (χ0v) is 13.1. The molecule has 23 heavy (non-hydrogen) atoms. The van der Waals surface area contributed by atoms with Crippen molar-refractivity contribution < 1.29 is 14.7 Å². The lowest BCUT2D eigenvalue weighted by molar-refractivity contribution is 0.0745. The van der Waals surface area contributed by atoms with Gasteiger partial charge in [0.15, 0.2) is 0 Å². The van der Waals surface area contributed by atoms with Crippen LogP contribution in [0.1, 0.15) is 17.3 Å². The summed E-state index contributed by atoms with van der Waals surface area (Å²) in [5.41, 5.74) is 1.07. The molecule has 0 aliphatic rings. The summed E-state index contributed by atoms with van der Waals surface area (Å²) in [6, 6.07) is 7.07. The minimum absolute atomic E-state index is 0.181. The van der Waals surface area contributed by atoms with E-state index in [1.165, 1.54) is 11.8 Å². The zero-order chi connectivity index (χ0) is 16.8. The Labute approximate surface area is 133 Å². The molecule has 8 heteroatoms. The van der Waals surface area contributed by atoms with Gasteiger partial charge in [-0.05, 0) is 19.1 Å². The number of rotatable bonds is 6. The van der Waals surface area contributed by atoms with Gasteiger partial charge in [-0.25, -0.2) is 4.79 Å². The molecule has 0 unspecified atom stereocenters. The van der Waals surface area contributed by atoms with E-state index in [2.05, 4.69) is 10.2 Å². The number of likely N-dealkylation sites (N-methyl/N-ethyl adjacent to an activating group) is 2. The average molecular weight is 317 g/mol. The molecule has 122 valence electrons. The van der Waals surface area contributed by atoms with Crippen LogP contribution in [0.3, 0.4) is 0 Å². The summed E-state index contributed by atoms with van der Waals surface area (Å²) in [5, 5.41) is 17.0. The lowest BCUT2D eigenvalue weighted by Gasteiger charge is -2.24. The predicted octanol–water partition coefficient (Wildman–Crippen LogP) is 1.34. The second kappa shape index (κ2) is 7.39. The Balaban J connectivity index is 2.20. The molecule has 0 aliphatic heterocycles. The van der Waals surface area contributed by atoms with E-state index < -0.39 is 6.09 Å². The monoisotopic (exact) mass is 317 g/mol. The third-order valence-electron chi connectivity index (χ3n) is 3.47. The van der Waals surface area contributed by atoms with E-state index >= 15 is 0 Å². The van der Waals surface area contributed by atoms with Crippen LogP contribution in [0.25, 0.3) is 5.69 Å². The van der Waals surface area contributed by atoms with Gasteiger partial charge in [-0.15, -0.1) is 0 Å². The quantitative estimate of drug-likeness (QED) is 0.868. The van der Waals surface area contributed by atoms with Gasteiger partial charge in [0.2, 0.25) is 0 Å². The summed E-state index contributed by atoms with van der Waals surface area (Å²) >= 11 is 0. The number of aromatic nitrogens is 3. The van der Waals surface area contributed by atoms with E-state index in [1.54, 1.807) is 35.5 Å². The van der Waals surface area contributed by atoms with Crippen LogP contribution < -0.4 is 0 Å². The molecule has 2 rings (SSSR count). The fourth-order valence-electron chi connectivity index (χ4n) is 2.11. The molecule has 1 heterocycles. The van der Waals surface area contributed by atoms with E-state index in [1.807, 2.05) is 13.0 Å². The van der Waals surface area contributed by atoms with Gasteiger partial charge in [-0.2, -0.15) is 15.0 Å². The minimum atomic E-state index is -1.02. The fraction of sp³-hybridized carbons (Fsp3) is 0.333. The number of hydrogen-bond acceptors (Lipinski definition) is 4. The van der Waals surface area contributed by atoms with Crippen molar-refractivity contribution in [1.29, 1.82) is 0 Å². The van der Waals surface area contributed by atoms with Gasteiger partial charge in [-0.1, -0.05) is 12.1 Å². The molecule has 8 nitrogen and oxygen atoms in total. The number of hydrogen-bond donors (Lipinski definition) is 1. The van der Waals surface area contributed by atoms with E-state index in [9.17, 15) is 9.59 Å². The molecule has 0 saturated heterocycles. The standard InChI is InChI=1S/C15H19N5O3/c1-3-19(11-10-18(2)15(22)23)14(21)12-6-4-5-7-13(12)20-16-8-9-17-20/h4-9H,3,10-11H2,1-2H3,(H,22,23). The molecule has 0 radical (unpaired) electrons. The van der Waals surface area contributed by atoms with E-state index in [-0.39, 0.29) is 12.5 Å². The number of para-hydroxylation sites is 1. The van der Waals surface area contributed by atoms with Crippen molar-refractivity contribution in [2.75, 3.05) is 26.7 Å². The molecule has 2 aromatic rings. The van der Waals surface area contributed by atoms with Crippen molar-refractivity contribution in [2.24, 2.45) is 0 Å². The first-order valence-electron chi connectivity index (χ1n) is 7.23. The van der Waals surface area contributed by atoms with E-state index in [0.29, 0.717) is 24.3 Å². The SMILES string of the molecule is CCN(CCN(C)C(=O)O)C(=O)c1ccccc1-n1nccn1. The number of carbonyl (C=O) groups excluding carboxylic acids is 1. The molecular weight excluding hydrogens is 298 g/mol. The topological polar surface area (TPSA) is 91.6 Å². The van der Waals surface area contributed by atoms with Crippen LogP contribution in [-0.4, -0.2) is 68.6 Å². The van der Waals surface area contributed by atoms with Crippen molar-refractivity contribution in [1.82, 2.24) is 24.8 Å². The van der Waals surface area contributed by atoms with Crippen molar-refractivity contribution in [3.05, 3.63) is 42.2 Å². The number of amides is 2. The molecule has 0 spiro atoms. The summed E-state index contributed by atoms with van der Waals surface area (Å²) in [5.74, 6) is -0.181. The maximum absolute atomic E-state index is 12.8. The Morgan fingerprint density at radius 3 is 2.43 bits per heavy atom. The van der Waals surface area contributed by atoms with Crippen molar-refractivity contribution in [3.63, 3.8) is 0 Å². The summed E-state index contributed by atoms with van der Waals surface area (Å²) in [6.07, 6.45) is 2.07. The van der Waals surface area contributed by atoms with Gasteiger partial charge >= 0.3 is 6.09 Å². The molecule has 0 atom stereocenters. The molecule has 1 aromatic heterocycles. The number of carbonyl (C=O) groups is 2. The molecular formula is C15H19N5O3. The van der Waals surface area contributed by atoms with Crippen LogP contribution in [0.2, 0.25) is 0 Å². The summed E-state index contributed by atoms with van der Waals surface area (Å²) in [6.45, 7) is 2.90. The van der Waals surface area contributed by atoms with Crippen molar-refractivity contribution in [2.45, 2.75) is 6.92 Å². The second-order valence-corrected chi connectivity index (χ2v) is 4.92. The molecule has 1 N–H and O–H groups in total. The smallest absolute Gasteiger partial charge is 0.407 e. The Kier molecular flexibility index (Phi) is 5.29. The largest absolute Gasteiger partial charge is 0.465 e. The van der Waals surface area contributed by atoms with Crippen LogP contribution in [0.5, 0.6) is 0 Å². The molecule has 0 bridgehead atoms. The molecule has 0 fully saturated rings. The van der Waals surface area contributed by atoms with E-state index in [0.717, 1.165) is 4.90 Å². The van der Waals surface area contributed by atoms with Gasteiger partial charge in [0.25, 0.3) is 5.91 Å². The summed E-state index contributed by atoms with van der Waals surface area (Å²) in [7, 11) is 1.47.